The number of Topliss-reactive ketones (excluding diaryl/α,β-unsaturated/α-hetero) is 1. The van der Waals surface area contributed by atoms with E-state index in [0.29, 0.717) is 13.0 Å². The smallest absolute Gasteiger partial charge is 0.175 e. The Morgan fingerprint density at radius 3 is 2.40 bits per heavy atom. The molecular formula is C7H15NO2. The minimum Gasteiger partial charge on any atom is -0.385 e. The fourth-order valence-electron chi connectivity index (χ4n) is 0.645. The number of rotatable bonds is 4. The van der Waals surface area contributed by atoms with Crippen LogP contribution in [0.15, 0.2) is 0 Å². The van der Waals surface area contributed by atoms with Crippen molar-refractivity contribution in [2.75, 3.05) is 20.6 Å². The summed E-state index contributed by atoms with van der Waals surface area (Å²) < 4.78 is 0. The molecule has 1 N–H and O–H groups in total. The van der Waals surface area contributed by atoms with E-state index in [9.17, 15) is 4.79 Å². The molecular weight excluding hydrogens is 130 g/mol. The van der Waals surface area contributed by atoms with E-state index in [1.165, 1.54) is 0 Å². The van der Waals surface area contributed by atoms with E-state index in [1.54, 1.807) is 25.9 Å². The van der Waals surface area contributed by atoms with Crippen molar-refractivity contribution >= 4 is 5.78 Å². The molecule has 0 aromatic rings. The lowest BCUT2D eigenvalue weighted by Crippen LogP contribution is -2.30. The third-order valence-corrected chi connectivity index (χ3v) is 1.23. The molecule has 1 atom stereocenters. The van der Waals surface area contributed by atoms with Gasteiger partial charge in [-0.25, -0.2) is 0 Å². The number of nitrogens with zero attached hydrogens (tertiary/aromatic N) is 1. The van der Waals surface area contributed by atoms with E-state index in [4.69, 9.17) is 5.11 Å². The van der Waals surface area contributed by atoms with Crippen LogP contribution >= 0.6 is 0 Å². The van der Waals surface area contributed by atoms with Crippen molar-refractivity contribution in [2.24, 2.45) is 0 Å². The van der Waals surface area contributed by atoms with Gasteiger partial charge in [0.05, 0.1) is 6.54 Å². The lowest BCUT2D eigenvalue weighted by molar-refractivity contribution is -0.127. The average Bonchev–Trinajstić information content (AvgIpc) is 1.85. The Bertz CT molecular complexity index is 112. The highest BCUT2D eigenvalue weighted by molar-refractivity contribution is 5.84. The number of aliphatic hydroxyl groups is 1. The molecule has 0 spiro atoms. The molecule has 3 nitrogen and oxygen atoms in total. The normalized spacial score (nSPS) is 13.7. The lowest BCUT2D eigenvalue weighted by Gasteiger charge is -2.10. The minimum atomic E-state index is -0.776. The van der Waals surface area contributed by atoms with Crippen LogP contribution in [0.2, 0.25) is 0 Å². The molecule has 3 heteroatoms. The molecule has 0 amide bonds. The SMILES string of the molecule is CCC(O)C(=O)CN(C)C. The molecule has 0 aliphatic carbocycles. The molecule has 0 radical (unpaired) electrons. The Labute approximate surface area is 61.6 Å². The first-order chi connectivity index (χ1) is 4.57. The summed E-state index contributed by atoms with van der Waals surface area (Å²) >= 11 is 0. The van der Waals surface area contributed by atoms with Crippen LogP contribution in [0.1, 0.15) is 13.3 Å². The molecule has 0 aromatic carbocycles. The highest BCUT2D eigenvalue weighted by Crippen LogP contribution is 1.92. The largest absolute Gasteiger partial charge is 0.385 e. The number of likely N-dealkylation sites (N-methyl/N-ethyl adjacent to an activating group) is 1. The second kappa shape index (κ2) is 4.41. The molecule has 0 rings (SSSR count). The number of aliphatic hydroxyl groups excluding tert-OH is 1. The van der Waals surface area contributed by atoms with Crippen molar-refractivity contribution in [1.29, 1.82) is 0 Å². The van der Waals surface area contributed by atoms with E-state index >= 15 is 0 Å². The monoisotopic (exact) mass is 145 g/mol. The Balaban J connectivity index is 3.62. The third kappa shape index (κ3) is 3.58. The molecule has 60 valence electrons. The maximum absolute atomic E-state index is 10.9. The Kier molecular flexibility index (Phi) is 4.23. The molecule has 0 saturated carbocycles. The van der Waals surface area contributed by atoms with Gasteiger partial charge in [0.1, 0.15) is 6.10 Å². The van der Waals surface area contributed by atoms with Crippen LogP contribution in [-0.2, 0) is 4.79 Å². The van der Waals surface area contributed by atoms with Gasteiger partial charge in [0, 0.05) is 0 Å². The Hall–Kier alpha value is -0.410. The van der Waals surface area contributed by atoms with Crippen molar-refractivity contribution in [1.82, 2.24) is 4.90 Å². The zero-order chi connectivity index (χ0) is 8.15. The highest BCUT2D eigenvalue weighted by Gasteiger charge is 2.12. The van der Waals surface area contributed by atoms with Crippen molar-refractivity contribution in [3.63, 3.8) is 0 Å². The van der Waals surface area contributed by atoms with Crippen LogP contribution in [0, 0.1) is 0 Å². The summed E-state index contributed by atoms with van der Waals surface area (Å²) in [6.07, 6.45) is -0.269. The first kappa shape index (κ1) is 9.59. The number of ketones is 1. The molecule has 0 aliphatic heterocycles. The third-order valence-electron chi connectivity index (χ3n) is 1.23. The molecule has 1 unspecified atom stereocenters. The van der Waals surface area contributed by atoms with Crippen LogP contribution in [-0.4, -0.2) is 42.5 Å². The first-order valence-corrected chi connectivity index (χ1v) is 3.43. The fraction of sp³-hybridized carbons (Fsp3) is 0.857. The summed E-state index contributed by atoms with van der Waals surface area (Å²) in [7, 11) is 3.61. The fourth-order valence-corrected chi connectivity index (χ4v) is 0.645. The van der Waals surface area contributed by atoms with Gasteiger partial charge in [-0.05, 0) is 20.5 Å². The predicted octanol–water partition coefficient (Wildman–Crippen LogP) is -0.112. The summed E-state index contributed by atoms with van der Waals surface area (Å²) in [5.41, 5.74) is 0. The lowest BCUT2D eigenvalue weighted by atomic mass is 10.2. The number of hydrogen-bond donors (Lipinski definition) is 1. The summed E-state index contributed by atoms with van der Waals surface area (Å²) in [6.45, 7) is 2.12. The molecule has 0 aromatic heterocycles. The summed E-state index contributed by atoms with van der Waals surface area (Å²) in [5.74, 6) is -0.104. The summed E-state index contributed by atoms with van der Waals surface area (Å²) in [6, 6.07) is 0. The molecule has 0 fully saturated rings. The number of hydrogen-bond acceptors (Lipinski definition) is 3. The van der Waals surface area contributed by atoms with Gasteiger partial charge in [-0.1, -0.05) is 6.92 Å². The minimum absolute atomic E-state index is 0.104. The quantitative estimate of drug-likeness (QED) is 0.600. The molecule has 0 saturated heterocycles. The molecule has 0 bridgehead atoms. The Morgan fingerprint density at radius 2 is 2.10 bits per heavy atom. The summed E-state index contributed by atoms with van der Waals surface area (Å²) in [5, 5.41) is 9.00. The maximum Gasteiger partial charge on any atom is 0.175 e. The molecule has 10 heavy (non-hydrogen) atoms. The zero-order valence-corrected chi connectivity index (χ0v) is 6.79. The maximum atomic E-state index is 10.9. The van der Waals surface area contributed by atoms with E-state index in [2.05, 4.69) is 0 Å². The van der Waals surface area contributed by atoms with Crippen LogP contribution in [0.25, 0.3) is 0 Å². The van der Waals surface area contributed by atoms with Crippen molar-refractivity contribution in [3.8, 4) is 0 Å². The van der Waals surface area contributed by atoms with Gasteiger partial charge < -0.3 is 10.0 Å². The van der Waals surface area contributed by atoms with Gasteiger partial charge in [0.15, 0.2) is 5.78 Å². The van der Waals surface area contributed by atoms with Gasteiger partial charge in [-0.15, -0.1) is 0 Å². The van der Waals surface area contributed by atoms with Crippen molar-refractivity contribution in [2.45, 2.75) is 19.4 Å². The van der Waals surface area contributed by atoms with Crippen LogP contribution in [0.4, 0.5) is 0 Å². The standard InChI is InChI=1S/C7H15NO2/c1-4-6(9)7(10)5-8(2)3/h6,9H,4-5H2,1-3H3. The van der Waals surface area contributed by atoms with Gasteiger partial charge in [-0.2, -0.15) is 0 Å². The molecule has 0 heterocycles. The second-order valence-corrected chi connectivity index (χ2v) is 2.63. The van der Waals surface area contributed by atoms with E-state index in [-0.39, 0.29) is 5.78 Å². The number of carbonyl (C=O) groups is 1. The van der Waals surface area contributed by atoms with Crippen LogP contribution in [0.5, 0.6) is 0 Å². The van der Waals surface area contributed by atoms with Crippen LogP contribution < -0.4 is 0 Å². The van der Waals surface area contributed by atoms with Gasteiger partial charge >= 0.3 is 0 Å². The van der Waals surface area contributed by atoms with Crippen LogP contribution in [0.3, 0.4) is 0 Å². The van der Waals surface area contributed by atoms with E-state index < -0.39 is 6.10 Å². The van der Waals surface area contributed by atoms with Gasteiger partial charge in [-0.3, -0.25) is 4.79 Å². The average molecular weight is 145 g/mol. The van der Waals surface area contributed by atoms with Crippen molar-refractivity contribution < 1.29 is 9.90 Å². The van der Waals surface area contributed by atoms with Gasteiger partial charge in [0.25, 0.3) is 0 Å². The van der Waals surface area contributed by atoms with E-state index in [0.717, 1.165) is 0 Å². The zero-order valence-electron chi connectivity index (χ0n) is 6.79. The highest BCUT2D eigenvalue weighted by atomic mass is 16.3. The number of carbonyl (C=O) groups excluding carboxylic acids is 1. The first-order valence-electron chi connectivity index (χ1n) is 3.43. The summed E-state index contributed by atoms with van der Waals surface area (Å²) in [4.78, 5) is 12.6. The van der Waals surface area contributed by atoms with Gasteiger partial charge in [0.2, 0.25) is 0 Å². The second-order valence-electron chi connectivity index (χ2n) is 2.63. The predicted molar refractivity (Wildman–Crippen MR) is 39.9 cm³/mol. The van der Waals surface area contributed by atoms with Crippen molar-refractivity contribution in [3.05, 3.63) is 0 Å². The molecule has 0 aliphatic rings. The Morgan fingerprint density at radius 1 is 1.60 bits per heavy atom. The topological polar surface area (TPSA) is 40.5 Å². The van der Waals surface area contributed by atoms with E-state index in [1.807, 2.05) is 0 Å².